The summed E-state index contributed by atoms with van der Waals surface area (Å²) in [5, 5.41) is 0. The summed E-state index contributed by atoms with van der Waals surface area (Å²) in [6.45, 7) is 1.70. The Morgan fingerprint density at radius 1 is 0.933 bits per heavy atom. The first-order chi connectivity index (χ1) is 7.41. The predicted molar refractivity (Wildman–Crippen MR) is 61.6 cm³/mol. The molecule has 0 rings (SSSR count). The molecule has 0 aromatic heterocycles. The number of nitrogens with zero attached hydrogens (tertiary/aromatic N) is 1. The second-order valence-corrected chi connectivity index (χ2v) is 1.78. The molecule has 15 heavy (non-hydrogen) atoms. The number of hydrogen-bond acceptors (Lipinski definition) is 1. The summed E-state index contributed by atoms with van der Waals surface area (Å²) in [5.41, 5.74) is 0. The third-order valence-electron chi connectivity index (χ3n) is 0.831. The topological polar surface area (TPSA) is 12.4 Å². The van der Waals surface area contributed by atoms with E-state index in [2.05, 4.69) is 70.0 Å². The fourth-order valence-corrected chi connectivity index (χ4v) is 0.385. The van der Waals surface area contributed by atoms with Crippen molar-refractivity contribution in [2.45, 2.75) is 6.92 Å². The summed E-state index contributed by atoms with van der Waals surface area (Å²) >= 11 is 0. The van der Waals surface area contributed by atoms with Crippen LogP contribution in [0, 0.1) is 71.6 Å². The summed E-state index contributed by atoms with van der Waals surface area (Å²) < 4.78 is 0. The summed E-state index contributed by atoms with van der Waals surface area (Å²) in [7, 11) is 1.32. The van der Waals surface area contributed by atoms with E-state index < -0.39 is 0 Å². The Labute approximate surface area is 91.0 Å². The molecule has 0 N–H and O–H groups in total. The first-order valence-electron chi connectivity index (χ1n) is 3.81. The average molecular weight is 185 g/mol. The number of hydrogen-bond donors (Lipinski definition) is 0. The van der Waals surface area contributed by atoms with Crippen LogP contribution < -0.4 is 0 Å². The van der Waals surface area contributed by atoms with E-state index in [1.807, 2.05) is 0 Å². The van der Waals surface area contributed by atoms with Gasteiger partial charge in [-0.25, -0.2) is 0 Å². The average Bonchev–Trinajstić information content (AvgIpc) is 2.26. The Kier molecular flexibility index (Phi) is 9.15. The van der Waals surface area contributed by atoms with E-state index in [0.717, 1.165) is 0 Å². The molecule has 0 radical (unpaired) electrons. The van der Waals surface area contributed by atoms with Crippen LogP contribution in [0.2, 0.25) is 0 Å². The van der Waals surface area contributed by atoms with Crippen LogP contribution in [0.15, 0.2) is 4.90 Å². The quantitative estimate of drug-likeness (QED) is 0.384. The molecule has 0 aromatic carbocycles. The normalized spacial score (nSPS) is 4.80. The molecule has 0 bridgehead atoms. The van der Waals surface area contributed by atoms with Gasteiger partial charge in [0.2, 0.25) is 0 Å². The Bertz CT molecular complexity index is 576. The molecule has 0 aliphatic carbocycles. The minimum atomic E-state index is 1.32. The van der Waals surface area contributed by atoms with Crippen LogP contribution in [-0.2, 0) is 0 Å². The van der Waals surface area contributed by atoms with Gasteiger partial charge in [0.1, 0.15) is 0 Å². The van der Waals surface area contributed by atoms with Crippen LogP contribution in [0.4, 0.5) is 0 Å². The van der Waals surface area contributed by atoms with Crippen LogP contribution in [-0.4, -0.2) is 7.07 Å². The molecule has 0 aliphatic rings. The molecule has 0 saturated carbocycles. The molecule has 1 nitrogen and oxygen atoms in total. The van der Waals surface area contributed by atoms with Crippen molar-refractivity contribution in [1.29, 1.82) is 0 Å². The minimum absolute atomic E-state index is 1.32. The molecule has 0 atom stereocenters. The van der Waals surface area contributed by atoms with Gasteiger partial charge in [0.05, 0.1) is 0 Å². The van der Waals surface area contributed by atoms with Crippen molar-refractivity contribution in [2.75, 3.05) is 0 Å². The van der Waals surface area contributed by atoms with Crippen molar-refractivity contribution in [3.05, 3.63) is 0 Å². The first-order valence-corrected chi connectivity index (χ1v) is 3.81. The van der Waals surface area contributed by atoms with Gasteiger partial charge in [0, 0.05) is 0 Å². The molecule has 0 unspecified atom stereocenters. The Hall–Kier alpha value is -2.78. The van der Waals surface area contributed by atoms with Crippen LogP contribution in [0.25, 0.3) is 0 Å². The molecule has 0 amide bonds. The van der Waals surface area contributed by atoms with Crippen molar-refractivity contribution < 1.29 is 0 Å². The van der Waals surface area contributed by atoms with Gasteiger partial charge in [-0.1, -0.05) is 0 Å². The fraction of sp³-hybridized carbons (Fsp3) is 0.0769. The summed E-state index contributed by atoms with van der Waals surface area (Å²) in [5.74, 6) is 24.5. The van der Waals surface area contributed by atoms with Crippen molar-refractivity contribution >= 4 is 7.07 Å². The van der Waals surface area contributed by atoms with Gasteiger partial charge in [-0.3, -0.25) is 0 Å². The zero-order chi connectivity index (χ0) is 11.2. The van der Waals surface area contributed by atoms with Crippen molar-refractivity contribution in [1.82, 2.24) is 0 Å². The van der Waals surface area contributed by atoms with E-state index in [-0.39, 0.29) is 0 Å². The molecule has 0 fully saturated rings. The van der Waals surface area contributed by atoms with Crippen LogP contribution >= 0.6 is 0 Å². The molecule has 0 saturated heterocycles. The standard InChI is InChI=1S/C13H4BN/c1-3-5-7-9-11-13-15-14-12-10-8-6-4-2/h2H,1H3. The SMILES string of the molecule is C#CC#CC#CB=NC#CC#CC#CC. The second-order valence-electron chi connectivity index (χ2n) is 1.78. The molecule has 2 heteroatoms. The Balaban J connectivity index is 4.10. The predicted octanol–water partition coefficient (Wildman–Crippen LogP) is 0.459. The molecule has 0 spiro atoms. The van der Waals surface area contributed by atoms with Crippen molar-refractivity contribution in [2.24, 2.45) is 4.90 Å². The van der Waals surface area contributed by atoms with Gasteiger partial charge in [0.25, 0.3) is 0 Å². The van der Waals surface area contributed by atoms with Crippen molar-refractivity contribution in [3.8, 4) is 71.6 Å². The van der Waals surface area contributed by atoms with E-state index >= 15 is 0 Å². The Morgan fingerprint density at radius 2 is 1.67 bits per heavy atom. The van der Waals surface area contributed by atoms with Crippen molar-refractivity contribution in [3.63, 3.8) is 0 Å². The molecular weight excluding hydrogens is 181 g/mol. The third kappa shape index (κ3) is 11.2. The fourth-order valence-electron chi connectivity index (χ4n) is 0.385. The van der Waals surface area contributed by atoms with Gasteiger partial charge in [-0.2, -0.15) is 0 Å². The maximum atomic E-state index is 4.88. The van der Waals surface area contributed by atoms with Gasteiger partial charge >= 0.3 is 90.5 Å². The van der Waals surface area contributed by atoms with Gasteiger partial charge in [-0.15, -0.1) is 0 Å². The van der Waals surface area contributed by atoms with E-state index in [9.17, 15) is 0 Å². The molecular formula is C13H4BN. The first kappa shape index (κ1) is 12.2. The number of terminal acetylenes is 1. The monoisotopic (exact) mass is 185 g/mol. The molecule has 0 heterocycles. The van der Waals surface area contributed by atoms with E-state index in [4.69, 9.17) is 6.42 Å². The maximum absolute atomic E-state index is 4.88. The number of rotatable bonds is 0. The summed E-state index contributed by atoms with van der Waals surface area (Å²) in [4.78, 5) is 3.64. The third-order valence-corrected chi connectivity index (χ3v) is 0.831. The van der Waals surface area contributed by atoms with Gasteiger partial charge < -0.3 is 0 Å². The Morgan fingerprint density at radius 3 is 2.40 bits per heavy atom. The van der Waals surface area contributed by atoms with Crippen LogP contribution in [0.3, 0.4) is 0 Å². The van der Waals surface area contributed by atoms with Crippen LogP contribution in [0.5, 0.6) is 0 Å². The van der Waals surface area contributed by atoms with E-state index in [1.54, 1.807) is 6.92 Å². The summed E-state index contributed by atoms with van der Waals surface area (Å²) in [6.07, 6.45) is 4.88. The summed E-state index contributed by atoms with van der Waals surface area (Å²) in [6, 6.07) is 2.42. The second kappa shape index (κ2) is 11.2. The zero-order valence-corrected chi connectivity index (χ0v) is 8.10. The van der Waals surface area contributed by atoms with E-state index in [1.165, 1.54) is 7.07 Å². The van der Waals surface area contributed by atoms with Gasteiger partial charge in [-0.05, 0) is 0 Å². The van der Waals surface area contributed by atoms with Gasteiger partial charge in [0.15, 0.2) is 0 Å². The van der Waals surface area contributed by atoms with Crippen LogP contribution in [0.1, 0.15) is 6.92 Å². The molecule has 0 aromatic rings. The molecule has 64 valence electrons. The zero-order valence-electron chi connectivity index (χ0n) is 8.10. The van der Waals surface area contributed by atoms with E-state index in [0.29, 0.717) is 0 Å². The molecule has 0 aliphatic heterocycles.